The Bertz CT molecular complexity index is 1800. The normalized spacial score (nSPS) is 18.0. The van der Waals surface area contributed by atoms with E-state index in [0.717, 1.165) is 51.8 Å². The quantitative estimate of drug-likeness (QED) is 0.0477. The number of β-lactam (4-membered cyclic amide) rings is 1. The number of pyridine rings is 1. The maximum absolute atomic E-state index is 13.3. The number of anilines is 1. The maximum atomic E-state index is 13.3. The molecule has 2 aliphatic rings. The first-order valence-electron chi connectivity index (χ1n) is 12.0. The number of nitrogen functional groups attached to an aromatic ring is 1. The van der Waals surface area contributed by atoms with Crippen molar-refractivity contribution in [2.45, 2.75) is 22.2 Å². The largest absolute Gasteiger partial charge is 0.503 e. The number of thioether (sulfide) groups is 2. The van der Waals surface area contributed by atoms with E-state index < -0.39 is 52.9 Å². The van der Waals surface area contributed by atoms with Crippen molar-refractivity contribution in [3.8, 4) is 5.75 Å². The molecule has 0 saturated carbocycles. The first kappa shape index (κ1) is 30.8. The molecule has 0 aliphatic carbocycles. The summed E-state index contributed by atoms with van der Waals surface area (Å²) in [7, 11) is 0. The molecule has 18 nitrogen and oxygen atoms in total. The predicted molar refractivity (Wildman–Crippen MR) is 156 cm³/mol. The van der Waals surface area contributed by atoms with Crippen LogP contribution in [0.25, 0.3) is 0 Å². The second kappa shape index (κ2) is 12.5. The SMILES string of the molecule is NC(=O)c1nnsc1SCC1=C(C(=O)O)N2C(=O)[C@@H](NC(=O)/C(=N\OCc3cc(=O)c(O)cn3O)c3csc(N)n3)[C@H]2SC1. The van der Waals surface area contributed by atoms with Gasteiger partial charge in [-0.25, -0.2) is 9.78 Å². The van der Waals surface area contributed by atoms with Crippen LogP contribution in [0.4, 0.5) is 5.13 Å². The number of carbonyl (C=O) groups excluding carboxylic acids is 3. The van der Waals surface area contributed by atoms with Crippen LogP contribution in [0.3, 0.4) is 0 Å². The van der Waals surface area contributed by atoms with Gasteiger partial charge in [-0.15, -0.1) is 40.0 Å². The Hall–Kier alpha value is -4.67. The highest BCUT2D eigenvalue weighted by Gasteiger charge is 2.54. The van der Waals surface area contributed by atoms with E-state index >= 15 is 0 Å². The lowest BCUT2D eigenvalue weighted by Gasteiger charge is -2.49. The number of nitrogens with one attached hydrogen (secondary N) is 1. The van der Waals surface area contributed by atoms with Crippen LogP contribution in [-0.2, 0) is 25.8 Å². The van der Waals surface area contributed by atoms with Gasteiger partial charge in [-0.2, -0.15) is 4.73 Å². The Balaban J connectivity index is 1.31. The summed E-state index contributed by atoms with van der Waals surface area (Å²) in [6, 6.07) is -0.220. The maximum Gasteiger partial charge on any atom is 0.352 e. The fraction of sp³-hybridized carbons (Fsp3) is 0.227. The molecule has 3 aromatic heterocycles. The highest BCUT2D eigenvalue weighted by atomic mass is 32.2. The van der Waals surface area contributed by atoms with Gasteiger partial charge in [-0.1, -0.05) is 9.64 Å². The second-order valence-electron chi connectivity index (χ2n) is 8.82. The van der Waals surface area contributed by atoms with Gasteiger partial charge in [0.15, 0.2) is 28.9 Å². The van der Waals surface area contributed by atoms with E-state index in [1.54, 1.807) is 0 Å². The Morgan fingerprint density at radius 1 is 1.30 bits per heavy atom. The van der Waals surface area contributed by atoms with Crippen molar-refractivity contribution < 1.29 is 39.4 Å². The van der Waals surface area contributed by atoms with Gasteiger partial charge in [0.1, 0.15) is 32.7 Å². The third kappa shape index (κ3) is 6.04. The van der Waals surface area contributed by atoms with E-state index in [1.165, 1.54) is 17.1 Å². The van der Waals surface area contributed by atoms with Crippen LogP contribution in [-0.4, -0.2) is 91.9 Å². The first-order chi connectivity index (χ1) is 21.0. The summed E-state index contributed by atoms with van der Waals surface area (Å²) in [5.41, 5.74) is 9.89. The number of carbonyl (C=O) groups is 4. The molecule has 2 aliphatic heterocycles. The zero-order valence-corrected chi connectivity index (χ0v) is 25.0. The van der Waals surface area contributed by atoms with Crippen LogP contribution < -0.4 is 22.2 Å². The Morgan fingerprint density at radius 2 is 2.07 bits per heavy atom. The van der Waals surface area contributed by atoms with Gasteiger partial charge in [0.2, 0.25) is 5.43 Å². The van der Waals surface area contributed by atoms with Crippen LogP contribution in [0, 0.1) is 0 Å². The van der Waals surface area contributed by atoms with Gasteiger partial charge in [-0.3, -0.25) is 24.1 Å². The number of rotatable bonds is 11. The summed E-state index contributed by atoms with van der Waals surface area (Å²) in [5.74, 6) is -4.06. The molecule has 8 N–H and O–H groups in total. The third-order valence-corrected chi connectivity index (χ3v) is 10.1. The molecule has 230 valence electrons. The molecule has 22 heteroatoms. The average molecular weight is 682 g/mol. The van der Waals surface area contributed by atoms with E-state index in [2.05, 4.69) is 25.0 Å². The van der Waals surface area contributed by atoms with Crippen molar-refractivity contribution in [1.29, 1.82) is 0 Å². The summed E-state index contributed by atoms with van der Waals surface area (Å²) in [6.07, 6.45) is 0.758. The molecule has 3 amide bonds. The molecule has 0 bridgehead atoms. The highest BCUT2D eigenvalue weighted by Crippen LogP contribution is 2.42. The van der Waals surface area contributed by atoms with Crippen molar-refractivity contribution in [1.82, 2.24) is 29.5 Å². The van der Waals surface area contributed by atoms with Gasteiger partial charge in [-0.05, 0) is 17.1 Å². The lowest BCUT2D eigenvalue weighted by atomic mass is 10.0. The number of carboxylic acids is 1. The molecular weight excluding hydrogens is 663 g/mol. The van der Waals surface area contributed by atoms with E-state index in [-0.39, 0.29) is 45.1 Å². The molecular formula is C22H19N9O9S4. The van der Waals surface area contributed by atoms with Crippen LogP contribution in [0.5, 0.6) is 5.75 Å². The molecule has 1 fully saturated rings. The second-order valence-corrected chi connectivity index (χ2v) is 12.8. The number of primary amides is 1. The van der Waals surface area contributed by atoms with Gasteiger partial charge in [0.05, 0.1) is 6.20 Å². The third-order valence-electron chi connectivity index (χ3n) is 6.04. The molecule has 0 spiro atoms. The smallest absolute Gasteiger partial charge is 0.352 e. The molecule has 44 heavy (non-hydrogen) atoms. The number of hydrogen-bond donors (Lipinski definition) is 6. The summed E-state index contributed by atoms with van der Waals surface area (Å²) >= 11 is 4.28. The monoisotopic (exact) mass is 681 g/mol. The Kier molecular flexibility index (Phi) is 8.75. The number of nitrogens with zero attached hydrogens (tertiary/aromatic N) is 6. The minimum absolute atomic E-state index is 0.00957. The number of thiazole rings is 1. The molecule has 0 unspecified atom stereocenters. The van der Waals surface area contributed by atoms with E-state index in [9.17, 15) is 39.4 Å². The molecule has 0 aromatic carbocycles. The number of hydrogen-bond acceptors (Lipinski definition) is 17. The van der Waals surface area contributed by atoms with Crippen molar-refractivity contribution in [2.24, 2.45) is 10.9 Å². The Labute approximate surface area is 261 Å². The van der Waals surface area contributed by atoms with Crippen LogP contribution >= 0.6 is 46.4 Å². The van der Waals surface area contributed by atoms with Gasteiger partial charge >= 0.3 is 5.97 Å². The van der Waals surface area contributed by atoms with Crippen LogP contribution in [0.15, 0.2) is 43.1 Å². The molecule has 0 radical (unpaired) electrons. The zero-order chi connectivity index (χ0) is 31.7. The van der Waals surface area contributed by atoms with Crippen molar-refractivity contribution in [3.05, 3.63) is 56.2 Å². The molecule has 3 aromatic rings. The number of fused-ring (bicyclic) bond motifs is 1. The van der Waals surface area contributed by atoms with Crippen LogP contribution in [0.1, 0.15) is 21.9 Å². The van der Waals surface area contributed by atoms with Gasteiger partial charge in [0, 0.05) is 23.0 Å². The summed E-state index contributed by atoms with van der Waals surface area (Å²) in [4.78, 5) is 72.1. The van der Waals surface area contributed by atoms with Gasteiger partial charge < -0.3 is 37.0 Å². The molecule has 2 atom stereocenters. The number of amides is 3. The minimum atomic E-state index is -1.34. The predicted octanol–water partition coefficient (Wildman–Crippen LogP) is -0.768. The number of aliphatic carboxylic acids is 1. The highest BCUT2D eigenvalue weighted by molar-refractivity contribution is 8.02. The number of aromatic hydroxyl groups is 1. The molecule has 5 rings (SSSR count). The summed E-state index contributed by atoms with van der Waals surface area (Å²) in [6.45, 7) is -0.497. The van der Waals surface area contributed by atoms with Crippen molar-refractivity contribution in [2.75, 3.05) is 17.2 Å². The number of carboxylic acid groups (broad SMARTS) is 1. The van der Waals surface area contributed by atoms with Crippen molar-refractivity contribution >= 4 is 80.9 Å². The number of nitrogens with two attached hydrogens (primary N) is 2. The van der Waals surface area contributed by atoms with Gasteiger partial charge in [0.25, 0.3) is 17.7 Å². The summed E-state index contributed by atoms with van der Waals surface area (Å²) in [5, 5.41) is 40.0. The van der Waals surface area contributed by atoms with E-state index in [1.807, 2.05) is 0 Å². The van der Waals surface area contributed by atoms with E-state index in [0.29, 0.717) is 14.5 Å². The fourth-order valence-corrected chi connectivity index (χ4v) is 7.77. The van der Waals surface area contributed by atoms with E-state index in [4.69, 9.17) is 16.3 Å². The first-order valence-corrected chi connectivity index (χ1v) is 15.7. The molecule has 1 saturated heterocycles. The molecule has 5 heterocycles. The number of aromatic nitrogens is 4. The fourth-order valence-electron chi connectivity index (χ4n) is 4.01. The lowest BCUT2D eigenvalue weighted by molar-refractivity contribution is -0.150. The number of oxime groups is 1. The summed E-state index contributed by atoms with van der Waals surface area (Å²) < 4.78 is 4.55. The average Bonchev–Trinajstić information content (AvgIpc) is 3.63. The van der Waals surface area contributed by atoms with Crippen LogP contribution in [0.2, 0.25) is 0 Å². The standard InChI is InChI=1S/C22H19N9O9S4/c23-16(34)13-21(44-29-27-13)42-5-7-4-41-19-14(18(36)31(19)15(7)20(37)38)26-17(35)12(9-6-43-22(24)25-9)28-40-3-8-1-10(32)11(33)2-30(8)39/h1-2,6,14,19,33,39H,3-5H2,(H2,23,34)(H2,24,25)(H,26,35)(H,37,38)/b28-12-/t14-,19-/m1/s1. The van der Waals surface area contributed by atoms with Crippen molar-refractivity contribution in [3.63, 3.8) is 0 Å². The topological polar surface area (TPSA) is 279 Å². The lowest BCUT2D eigenvalue weighted by Crippen LogP contribution is -2.71. The zero-order valence-electron chi connectivity index (χ0n) is 21.8. The Morgan fingerprint density at radius 3 is 2.75 bits per heavy atom. The minimum Gasteiger partial charge on any atom is -0.503 e.